The molecule has 0 bridgehead atoms. The van der Waals surface area contributed by atoms with E-state index in [1.165, 1.54) is 24.4 Å². The lowest BCUT2D eigenvalue weighted by atomic mass is 10.1. The first-order chi connectivity index (χ1) is 12.6. The van der Waals surface area contributed by atoms with Crippen molar-refractivity contribution in [3.8, 4) is 0 Å². The Labute approximate surface area is 154 Å². The monoisotopic (exact) mass is 381 g/mol. The van der Waals surface area contributed by atoms with E-state index in [0.29, 0.717) is 37.7 Å². The maximum absolute atomic E-state index is 13.6. The van der Waals surface area contributed by atoms with Crippen LogP contribution in [0.4, 0.5) is 14.6 Å². The van der Waals surface area contributed by atoms with Crippen molar-refractivity contribution in [1.82, 2.24) is 9.88 Å². The number of carbonyl (C=O) groups is 1. The molecule has 2 heterocycles. The van der Waals surface area contributed by atoms with Gasteiger partial charge in [0.2, 0.25) is 0 Å². The van der Waals surface area contributed by atoms with Crippen LogP contribution in [0.15, 0.2) is 30.5 Å². The van der Waals surface area contributed by atoms with Crippen molar-refractivity contribution in [3.63, 3.8) is 0 Å². The van der Waals surface area contributed by atoms with Gasteiger partial charge in [-0.15, -0.1) is 0 Å². The second-order valence-electron chi connectivity index (χ2n) is 5.84. The molecule has 5 nitrogen and oxygen atoms in total. The van der Waals surface area contributed by atoms with E-state index in [9.17, 15) is 13.6 Å². The lowest BCUT2D eigenvalue weighted by molar-refractivity contribution is 0.0302. The summed E-state index contributed by atoms with van der Waals surface area (Å²) in [5.74, 6) is -0.959. The largest absolute Gasteiger partial charge is 0.378 e. The third-order valence-corrected chi connectivity index (χ3v) is 4.40. The summed E-state index contributed by atoms with van der Waals surface area (Å²) in [5, 5.41) is 3.22. The predicted molar refractivity (Wildman–Crippen MR) is 94.5 cm³/mol. The zero-order valence-electron chi connectivity index (χ0n) is 14.0. The number of hydrogen-bond donors (Lipinski definition) is 1. The first-order valence-electron chi connectivity index (χ1n) is 8.25. The molecule has 0 atom stereocenters. The molecule has 0 aliphatic carbocycles. The molecule has 0 unspecified atom stereocenters. The molecule has 2 aromatic rings. The van der Waals surface area contributed by atoms with Gasteiger partial charge in [0.05, 0.1) is 23.8 Å². The summed E-state index contributed by atoms with van der Waals surface area (Å²) in [6.45, 7) is 2.34. The Balaban J connectivity index is 1.62. The first kappa shape index (κ1) is 18.5. The Morgan fingerprint density at radius 1 is 1.27 bits per heavy atom. The number of halogens is 3. The maximum atomic E-state index is 13.6. The molecule has 1 aliphatic heterocycles. The Hall–Kier alpha value is -2.25. The third-order valence-electron chi connectivity index (χ3n) is 4.12. The van der Waals surface area contributed by atoms with E-state index in [1.54, 1.807) is 11.0 Å². The molecule has 1 aromatic carbocycles. The summed E-state index contributed by atoms with van der Waals surface area (Å²) in [6.07, 6.45) is 1.58. The molecule has 8 heteroatoms. The van der Waals surface area contributed by atoms with Crippen LogP contribution in [0, 0.1) is 11.6 Å². The lowest BCUT2D eigenvalue weighted by Gasteiger charge is -2.26. The van der Waals surface area contributed by atoms with E-state index in [4.69, 9.17) is 16.3 Å². The van der Waals surface area contributed by atoms with E-state index in [1.807, 2.05) is 0 Å². The van der Waals surface area contributed by atoms with Gasteiger partial charge in [-0.1, -0.05) is 17.7 Å². The number of nitrogens with zero attached hydrogens (tertiary/aromatic N) is 2. The smallest absolute Gasteiger partial charge is 0.255 e. The number of nitrogens with one attached hydrogen (secondary N) is 1. The molecule has 1 amide bonds. The Morgan fingerprint density at radius 3 is 2.62 bits per heavy atom. The van der Waals surface area contributed by atoms with Crippen molar-refractivity contribution in [1.29, 1.82) is 0 Å². The summed E-state index contributed by atoms with van der Waals surface area (Å²) in [6, 6.07) is 5.30. The normalized spacial score (nSPS) is 14.3. The van der Waals surface area contributed by atoms with Crippen molar-refractivity contribution in [2.45, 2.75) is 6.42 Å². The van der Waals surface area contributed by atoms with E-state index >= 15 is 0 Å². The molecule has 1 aliphatic rings. The van der Waals surface area contributed by atoms with Crippen LogP contribution in [-0.4, -0.2) is 48.6 Å². The highest BCUT2D eigenvalue weighted by atomic mass is 35.5. The quantitative estimate of drug-likeness (QED) is 0.864. The zero-order valence-corrected chi connectivity index (χ0v) is 14.7. The Morgan fingerprint density at radius 2 is 1.96 bits per heavy atom. The minimum atomic E-state index is -0.586. The topological polar surface area (TPSA) is 54.5 Å². The van der Waals surface area contributed by atoms with Crippen molar-refractivity contribution in [2.75, 3.05) is 38.2 Å². The van der Waals surface area contributed by atoms with Crippen LogP contribution in [0.2, 0.25) is 5.02 Å². The van der Waals surface area contributed by atoms with Crippen LogP contribution < -0.4 is 5.32 Å². The van der Waals surface area contributed by atoms with Gasteiger partial charge in [0, 0.05) is 31.4 Å². The summed E-state index contributed by atoms with van der Waals surface area (Å²) in [5.41, 5.74) is 0.401. The summed E-state index contributed by atoms with van der Waals surface area (Å²) >= 11 is 6.19. The molecule has 26 heavy (non-hydrogen) atoms. The SMILES string of the molecule is O=C(c1cnc(NCCc2c(F)cccc2F)c(Cl)c1)N1CCOCC1. The van der Waals surface area contributed by atoms with E-state index in [2.05, 4.69) is 10.3 Å². The van der Waals surface area contributed by atoms with Crippen molar-refractivity contribution in [2.24, 2.45) is 0 Å². The number of hydrogen-bond acceptors (Lipinski definition) is 4. The highest BCUT2D eigenvalue weighted by molar-refractivity contribution is 6.33. The number of carbonyl (C=O) groups excluding carboxylic acids is 1. The summed E-state index contributed by atoms with van der Waals surface area (Å²) in [7, 11) is 0. The number of pyridine rings is 1. The van der Waals surface area contributed by atoms with Gasteiger partial charge in [-0.2, -0.15) is 0 Å². The van der Waals surface area contributed by atoms with Gasteiger partial charge in [-0.3, -0.25) is 4.79 Å². The number of rotatable bonds is 5. The molecule has 1 fully saturated rings. The van der Waals surface area contributed by atoms with Crippen molar-refractivity contribution in [3.05, 3.63) is 58.2 Å². The van der Waals surface area contributed by atoms with E-state index in [-0.39, 0.29) is 29.5 Å². The average molecular weight is 382 g/mol. The van der Waals surface area contributed by atoms with Crippen LogP contribution in [0.5, 0.6) is 0 Å². The number of morpholine rings is 1. The third kappa shape index (κ3) is 4.28. The van der Waals surface area contributed by atoms with Crippen LogP contribution in [-0.2, 0) is 11.2 Å². The average Bonchev–Trinajstić information content (AvgIpc) is 2.65. The molecule has 1 saturated heterocycles. The van der Waals surface area contributed by atoms with Crippen LogP contribution in [0.3, 0.4) is 0 Å². The molecule has 3 rings (SSSR count). The number of ether oxygens (including phenoxy) is 1. The lowest BCUT2D eigenvalue weighted by Crippen LogP contribution is -2.40. The number of benzene rings is 1. The molecular weight excluding hydrogens is 364 g/mol. The Bertz CT molecular complexity index is 778. The zero-order chi connectivity index (χ0) is 18.5. The standard InChI is InChI=1S/C18H18ClF2N3O2/c19-14-10-12(18(25)24-6-8-26-9-7-24)11-23-17(14)22-5-4-13-15(20)2-1-3-16(13)21/h1-3,10-11H,4-9H2,(H,22,23). The van der Waals surface area contributed by atoms with Crippen LogP contribution in [0.25, 0.3) is 0 Å². The summed E-state index contributed by atoms with van der Waals surface area (Å²) < 4.78 is 32.5. The van der Waals surface area contributed by atoms with E-state index < -0.39 is 11.6 Å². The number of amides is 1. The fourth-order valence-electron chi connectivity index (χ4n) is 2.71. The maximum Gasteiger partial charge on any atom is 0.255 e. The summed E-state index contributed by atoms with van der Waals surface area (Å²) in [4.78, 5) is 18.3. The molecule has 1 N–H and O–H groups in total. The van der Waals surface area contributed by atoms with Gasteiger partial charge in [0.1, 0.15) is 17.5 Å². The van der Waals surface area contributed by atoms with Gasteiger partial charge >= 0.3 is 0 Å². The van der Waals surface area contributed by atoms with Crippen molar-refractivity contribution >= 4 is 23.3 Å². The molecule has 0 radical (unpaired) electrons. The second-order valence-corrected chi connectivity index (χ2v) is 6.24. The number of anilines is 1. The van der Waals surface area contributed by atoms with Gasteiger partial charge in [-0.05, 0) is 24.6 Å². The Kier molecular flexibility index (Phi) is 6.00. The van der Waals surface area contributed by atoms with Crippen LogP contribution >= 0.6 is 11.6 Å². The van der Waals surface area contributed by atoms with Gasteiger partial charge < -0.3 is 15.0 Å². The minimum absolute atomic E-state index is 0.00948. The van der Waals surface area contributed by atoms with Gasteiger partial charge in [0.15, 0.2) is 0 Å². The fraction of sp³-hybridized carbons (Fsp3) is 0.333. The number of aromatic nitrogens is 1. The highest BCUT2D eigenvalue weighted by Crippen LogP contribution is 2.21. The molecule has 0 spiro atoms. The van der Waals surface area contributed by atoms with Crippen LogP contribution in [0.1, 0.15) is 15.9 Å². The molecule has 0 saturated carbocycles. The molecule has 1 aromatic heterocycles. The minimum Gasteiger partial charge on any atom is -0.378 e. The van der Waals surface area contributed by atoms with E-state index in [0.717, 1.165) is 0 Å². The highest BCUT2D eigenvalue weighted by Gasteiger charge is 2.19. The van der Waals surface area contributed by atoms with Crippen molar-refractivity contribution < 1.29 is 18.3 Å². The second kappa shape index (κ2) is 8.42. The van der Waals surface area contributed by atoms with Gasteiger partial charge in [-0.25, -0.2) is 13.8 Å². The predicted octanol–water partition coefficient (Wildman–Crippen LogP) is 3.14. The molecule has 138 valence electrons. The fourth-order valence-corrected chi connectivity index (χ4v) is 2.94. The van der Waals surface area contributed by atoms with Gasteiger partial charge in [0.25, 0.3) is 5.91 Å². The molecular formula is C18H18ClF2N3O2. The first-order valence-corrected chi connectivity index (χ1v) is 8.63.